The van der Waals surface area contributed by atoms with Gasteiger partial charge in [-0.25, -0.2) is 0 Å². The maximum atomic E-state index is 11.4. The third-order valence-electron chi connectivity index (χ3n) is 2.06. The Morgan fingerprint density at radius 1 is 1.53 bits per heavy atom. The van der Waals surface area contributed by atoms with E-state index in [4.69, 9.17) is 22.1 Å². The van der Waals surface area contributed by atoms with Crippen LogP contribution in [0.5, 0.6) is 5.75 Å². The monoisotopic (exact) mass is 227 g/mol. The highest BCUT2D eigenvalue weighted by atomic mass is 35.5. The first-order chi connectivity index (χ1) is 7.10. The molecule has 0 unspecified atom stereocenters. The molecule has 0 amide bonds. The summed E-state index contributed by atoms with van der Waals surface area (Å²) in [6, 6.07) is 3.37. The number of benzene rings is 1. The number of halogens is 1. The number of aryl methyl sites for hydroxylation is 1. The van der Waals surface area contributed by atoms with E-state index in [9.17, 15) is 4.79 Å². The molecule has 82 valence electrons. The highest BCUT2D eigenvalue weighted by Crippen LogP contribution is 2.28. The molecule has 0 aliphatic rings. The molecule has 4 heteroatoms. The molecule has 0 aliphatic heterocycles. The molecule has 0 saturated heterocycles. The zero-order chi connectivity index (χ0) is 11.4. The van der Waals surface area contributed by atoms with Crippen LogP contribution in [-0.2, 0) is 0 Å². The predicted octanol–water partition coefficient (Wildman–Crippen LogP) is 2.19. The molecule has 15 heavy (non-hydrogen) atoms. The number of carbonyl (C=O) groups is 1. The largest absolute Gasteiger partial charge is 0.492 e. The molecule has 0 atom stereocenters. The molecule has 1 aromatic carbocycles. The Kier molecular flexibility index (Phi) is 4.12. The van der Waals surface area contributed by atoms with E-state index in [0.29, 0.717) is 22.9 Å². The molecule has 0 aliphatic carbocycles. The van der Waals surface area contributed by atoms with Crippen molar-refractivity contribution < 1.29 is 9.53 Å². The van der Waals surface area contributed by atoms with Crippen LogP contribution in [-0.4, -0.2) is 18.9 Å². The van der Waals surface area contributed by atoms with Gasteiger partial charge in [-0.3, -0.25) is 4.79 Å². The zero-order valence-corrected chi connectivity index (χ0v) is 9.60. The summed E-state index contributed by atoms with van der Waals surface area (Å²) in [5.74, 6) is 0.489. The topological polar surface area (TPSA) is 52.3 Å². The first-order valence-corrected chi connectivity index (χ1v) is 5.14. The number of Topliss-reactive ketones (excluding diaryl/α,β-unsaturated/α-hetero) is 1. The smallest absolute Gasteiger partial charge is 0.176 e. The Hall–Kier alpha value is -1.06. The minimum Gasteiger partial charge on any atom is -0.492 e. The minimum atomic E-state index is -0.113. The molecular weight excluding hydrogens is 214 g/mol. The summed E-state index contributed by atoms with van der Waals surface area (Å²) < 4.78 is 5.31. The van der Waals surface area contributed by atoms with Gasteiger partial charge in [0.1, 0.15) is 5.75 Å². The van der Waals surface area contributed by atoms with E-state index in [1.54, 1.807) is 12.1 Å². The maximum Gasteiger partial charge on any atom is 0.176 e. The van der Waals surface area contributed by atoms with Crippen LogP contribution >= 0.6 is 11.6 Å². The highest BCUT2D eigenvalue weighted by molar-refractivity contribution is 6.32. The van der Waals surface area contributed by atoms with E-state index in [0.717, 1.165) is 5.56 Å². The zero-order valence-electron chi connectivity index (χ0n) is 8.84. The van der Waals surface area contributed by atoms with Crippen molar-refractivity contribution in [2.45, 2.75) is 13.8 Å². The van der Waals surface area contributed by atoms with Gasteiger partial charge in [0, 0.05) is 5.56 Å². The second-order valence-corrected chi connectivity index (χ2v) is 3.57. The van der Waals surface area contributed by atoms with Crippen molar-refractivity contribution in [3.63, 3.8) is 0 Å². The molecule has 0 spiro atoms. The second-order valence-electron chi connectivity index (χ2n) is 3.16. The van der Waals surface area contributed by atoms with Gasteiger partial charge in [-0.05, 0) is 31.5 Å². The van der Waals surface area contributed by atoms with Crippen LogP contribution in [0.1, 0.15) is 22.8 Å². The Morgan fingerprint density at radius 3 is 2.73 bits per heavy atom. The van der Waals surface area contributed by atoms with E-state index < -0.39 is 0 Å². The fourth-order valence-corrected chi connectivity index (χ4v) is 1.55. The summed E-state index contributed by atoms with van der Waals surface area (Å²) >= 11 is 5.96. The van der Waals surface area contributed by atoms with Gasteiger partial charge in [-0.2, -0.15) is 0 Å². The molecule has 1 aromatic rings. The van der Waals surface area contributed by atoms with Gasteiger partial charge in [0.15, 0.2) is 5.78 Å². The lowest BCUT2D eigenvalue weighted by atomic mass is 10.0. The fourth-order valence-electron chi connectivity index (χ4n) is 1.33. The molecule has 2 N–H and O–H groups in total. The molecule has 1 rings (SSSR count). The number of hydrogen-bond donors (Lipinski definition) is 1. The van der Waals surface area contributed by atoms with Crippen LogP contribution in [0, 0.1) is 6.92 Å². The molecule has 0 heterocycles. The van der Waals surface area contributed by atoms with Gasteiger partial charge in [0.05, 0.1) is 18.2 Å². The van der Waals surface area contributed by atoms with Crippen molar-refractivity contribution in [2.24, 2.45) is 5.73 Å². The van der Waals surface area contributed by atoms with Crippen LogP contribution in [0.25, 0.3) is 0 Å². The molecule has 0 radical (unpaired) electrons. The maximum absolute atomic E-state index is 11.4. The number of nitrogens with two attached hydrogens (primary N) is 1. The summed E-state index contributed by atoms with van der Waals surface area (Å²) in [6.07, 6.45) is 0. The standard InChI is InChI=1S/C11H14ClNO2/c1-3-15-11-4-7(2)8(5-9(11)12)10(14)6-13/h4-5H,3,6,13H2,1-2H3. The van der Waals surface area contributed by atoms with E-state index >= 15 is 0 Å². The number of hydrogen-bond acceptors (Lipinski definition) is 3. The van der Waals surface area contributed by atoms with Gasteiger partial charge >= 0.3 is 0 Å². The molecule has 0 fully saturated rings. The van der Waals surface area contributed by atoms with Gasteiger partial charge < -0.3 is 10.5 Å². The minimum absolute atomic E-state index is 0.00878. The van der Waals surface area contributed by atoms with Crippen LogP contribution in [0.3, 0.4) is 0 Å². The average molecular weight is 228 g/mol. The lowest BCUT2D eigenvalue weighted by Gasteiger charge is -2.09. The third-order valence-corrected chi connectivity index (χ3v) is 2.36. The molecular formula is C11H14ClNO2. The van der Waals surface area contributed by atoms with Gasteiger partial charge in [0.2, 0.25) is 0 Å². The normalized spacial score (nSPS) is 10.1. The summed E-state index contributed by atoms with van der Waals surface area (Å²) in [5, 5.41) is 0.444. The average Bonchev–Trinajstić information content (AvgIpc) is 2.22. The summed E-state index contributed by atoms with van der Waals surface area (Å²) in [7, 11) is 0. The van der Waals surface area contributed by atoms with Crippen molar-refractivity contribution in [1.29, 1.82) is 0 Å². The highest BCUT2D eigenvalue weighted by Gasteiger charge is 2.11. The third kappa shape index (κ3) is 2.70. The molecule has 0 saturated carbocycles. The Balaban J connectivity index is 3.13. The predicted molar refractivity (Wildman–Crippen MR) is 60.7 cm³/mol. The molecule has 0 aromatic heterocycles. The SMILES string of the molecule is CCOc1cc(C)c(C(=O)CN)cc1Cl. The Labute approximate surface area is 94.2 Å². The van der Waals surface area contributed by atoms with Crippen molar-refractivity contribution in [3.8, 4) is 5.75 Å². The first kappa shape index (κ1) is 12.0. The first-order valence-electron chi connectivity index (χ1n) is 4.76. The van der Waals surface area contributed by atoms with Gasteiger partial charge in [-0.15, -0.1) is 0 Å². The van der Waals surface area contributed by atoms with Crippen LogP contribution in [0.4, 0.5) is 0 Å². The van der Waals surface area contributed by atoms with Crippen LogP contribution < -0.4 is 10.5 Å². The van der Waals surface area contributed by atoms with E-state index in [-0.39, 0.29) is 12.3 Å². The van der Waals surface area contributed by atoms with E-state index in [1.165, 1.54) is 0 Å². The number of ether oxygens (including phenoxy) is 1. The van der Waals surface area contributed by atoms with Gasteiger partial charge in [0.25, 0.3) is 0 Å². The van der Waals surface area contributed by atoms with Crippen molar-refractivity contribution in [3.05, 3.63) is 28.3 Å². The second kappa shape index (κ2) is 5.14. The summed E-state index contributed by atoms with van der Waals surface area (Å²) in [4.78, 5) is 11.4. The fraction of sp³-hybridized carbons (Fsp3) is 0.364. The van der Waals surface area contributed by atoms with Crippen LogP contribution in [0.15, 0.2) is 12.1 Å². The lowest BCUT2D eigenvalue weighted by Crippen LogP contribution is -2.14. The Morgan fingerprint density at radius 2 is 2.20 bits per heavy atom. The Bertz CT molecular complexity index is 377. The summed E-state index contributed by atoms with van der Waals surface area (Å²) in [5.41, 5.74) is 6.69. The van der Waals surface area contributed by atoms with Crippen molar-refractivity contribution >= 4 is 17.4 Å². The summed E-state index contributed by atoms with van der Waals surface area (Å²) in [6.45, 7) is 4.25. The quantitative estimate of drug-likeness (QED) is 0.803. The number of rotatable bonds is 4. The van der Waals surface area contributed by atoms with E-state index in [1.807, 2.05) is 13.8 Å². The lowest BCUT2D eigenvalue weighted by molar-refractivity contribution is 0.100. The number of ketones is 1. The van der Waals surface area contributed by atoms with Crippen molar-refractivity contribution in [1.82, 2.24) is 0 Å². The van der Waals surface area contributed by atoms with Gasteiger partial charge in [-0.1, -0.05) is 11.6 Å². The van der Waals surface area contributed by atoms with E-state index in [2.05, 4.69) is 0 Å². The van der Waals surface area contributed by atoms with Crippen molar-refractivity contribution in [2.75, 3.05) is 13.2 Å². The number of carbonyl (C=O) groups excluding carboxylic acids is 1. The molecule has 3 nitrogen and oxygen atoms in total. The van der Waals surface area contributed by atoms with Crippen LogP contribution in [0.2, 0.25) is 5.02 Å². The molecule has 0 bridgehead atoms.